The van der Waals surface area contributed by atoms with Gasteiger partial charge in [-0.15, -0.1) is 0 Å². The lowest BCUT2D eigenvalue weighted by Gasteiger charge is -2.23. The minimum Gasteiger partial charge on any atom is -0.383 e. The van der Waals surface area contributed by atoms with Crippen LogP contribution in [-0.2, 0) is 19.1 Å². The van der Waals surface area contributed by atoms with Gasteiger partial charge in [0, 0.05) is 33.7 Å². The summed E-state index contributed by atoms with van der Waals surface area (Å²) in [4.78, 5) is 25.1. The number of carbonyl (C=O) groups excluding carboxylic acids is 2. The Kier molecular flexibility index (Phi) is 6.75. The van der Waals surface area contributed by atoms with Crippen LogP contribution in [0.1, 0.15) is 12.8 Å². The van der Waals surface area contributed by atoms with E-state index in [1.165, 1.54) is 0 Å². The molecule has 0 bridgehead atoms. The molecular formula is C12H23N3O4. The lowest BCUT2D eigenvalue weighted by molar-refractivity contribution is -0.134. The Morgan fingerprint density at radius 2 is 2.16 bits per heavy atom. The Hall–Kier alpha value is -1.18. The summed E-state index contributed by atoms with van der Waals surface area (Å²) in [6.07, 6.45) is 1.02. The SMILES string of the molecule is COC[C@@H]1C[C@@H](OC)CN1C(=O)CNC(=O)CCN. The molecule has 1 fully saturated rings. The Bertz CT molecular complexity index is 311. The van der Waals surface area contributed by atoms with Gasteiger partial charge in [0.25, 0.3) is 0 Å². The van der Waals surface area contributed by atoms with Gasteiger partial charge in [0.1, 0.15) is 0 Å². The lowest BCUT2D eigenvalue weighted by atomic mass is 10.2. The number of hydrogen-bond acceptors (Lipinski definition) is 5. The van der Waals surface area contributed by atoms with Crippen LogP contribution in [0.2, 0.25) is 0 Å². The van der Waals surface area contributed by atoms with Crippen LogP contribution in [0.4, 0.5) is 0 Å². The van der Waals surface area contributed by atoms with Crippen LogP contribution >= 0.6 is 0 Å². The first-order valence-corrected chi connectivity index (χ1v) is 6.40. The Morgan fingerprint density at radius 3 is 2.74 bits per heavy atom. The molecule has 2 atom stereocenters. The van der Waals surface area contributed by atoms with E-state index in [0.717, 1.165) is 6.42 Å². The fourth-order valence-corrected chi connectivity index (χ4v) is 2.20. The molecule has 1 aliphatic heterocycles. The molecule has 0 aromatic rings. The number of methoxy groups -OCH3 is 2. The van der Waals surface area contributed by atoms with Crippen molar-refractivity contribution in [3.8, 4) is 0 Å². The molecule has 0 radical (unpaired) electrons. The quantitative estimate of drug-likeness (QED) is 0.602. The summed E-state index contributed by atoms with van der Waals surface area (Å²) in [6, 6.07) is 0.00820. The minimum atomic E-state index is -0.207. The molecule has 1 heterocycles. The van der Waals surface area contributed by atoms with Crippen molar-refractivity contribution in [3.63, 3.8) is 0 Å². The first-order chi connectivity index (χ1) is 9.12. The molecular weight excluding hydrogens is 250 g/mol. The molecule has 1 saturated heterocycles. The molecule has 2 amide bonds. The van der Waals surface area contributed by atoms with Gasteiger partial charge in [-0.3, -0.25) is 9.59 Å². The summed E-state index contributed by atoms with van der Waals surface area (Å²) in [7, 11) is 3.23. The highest BCUT2D eigenvalue weighted by Crippen LogP contribution is 2.20. The molecule has 1 rings (SSSR count). The largest absolute Gasteiger partial charge is 0.383 e. The second-order valence-electron chi connectivity index (χ2n) is 4.56. The van der Waals surface area contributed by atoms with Gasteiger partial charge in [-0.05, 0) is 6.42 Å². The Labute approximate surface area is 113 Å². The van der Waals surface area contributed by atoms with Crippen molar-refractivity contribution < 1.29 is 19.1 Å². The van der Waals surface area contributed by atoms with Crippen LogP contribution in [0, 0.1) is 0 Å². The van der Waals surface area contributed by atoms with Crippen LogP contribution in [0.25, 0.3) is 0 Å². The second kappa shape index (κ2) is 8.08. The number of likely N-dealkylation sites (tertiary alicyclic amines) is 1. The highest BCUT2D eigenvalue weighted by atomic mass is 16.5. The standard InChI is InChI=1S/C12H23N3O4/c1-18-8-9-5-10(19-2)7-15(9)12(17)6-14-11(16)3-4-13/h9-10H,3-8,13H2,1-2H3,(H,14,16)/t9-,10+/m0/s1. The zero-order chi connectivity index (χ0) is 14.3. The number of rotatable bonds is 7. The molecule has 0 aromatic heterocycles. The Morgan fingerprint density at radius 1 is 1.42 bits per heavy atom. The van der Waals surface area contributed by atoms with E-state index in [1.807, 2.05) is 0 Å². The van der Waals surface area contributed by atoms with Crippen molar-refractivity contribution in [2.24, 2.45) is 5.73 Å². The minimum absolute atomic E-state index is 0.00448. The summed E-state index contributed by atoms with van der Waals surface area (Å²) < 4.78 is 10.4. The monoisotopic (exact) mass is 273 g/mol. The maximum atomic E-state index is 12.1. The maximum Gasteiger partial charge on any atom is 0.242 e. The van der Waals surface area contributed by atoms with Crippen LogP contribution in [0.5, 0.6) is 0 Å². The van der Waals surface area contributed by atoms with Crippen molar-refractivity contribution in [2.75, 3.05) is 40.5 Å². The first kappa shape index (κ1) is 15.9. The zero-order valence-corrected chi connectivity index (χ0v) is 11.6. The van der Waals surface area contributed by atoms with E-state index in [-0.39, 0.29) is 43.5 Å². The number of amides is 2. The molecule has 7 heteroatoms. The Balaban J connectivity index is 2.46. The number of ether oxygens (including phenoxy) is 2. The third-order valence-electron chi connectivity index (χ3n) is 3.20. The van der Waals surface area contributed by atoms with Gasteiger partial charge in [0.15, 0.2) is 0 Å². The molecule has 7 nitrogen and oxygen atoms in total. The first-order valence-electron chi connectivity index (χ1n) is 6.40. The normalized spacial score (nSPS) is 22.6. The highest BCUT2D eigenvalue weighted by Gasteiger charge is 2.35. The maximum absolute atomic E-state index is 12.1. The topological polar surface area (TPSA) is 93.9 Å². The fraction of sp³-hybridized carbons (Fsp3) is 0.833. The third-order valence-corrected chi connectivity index (χ3v) is 3.20. The van der Waals surface area contributed by atoms with Crippen molar-refractivity contribution in [3.05, 3.63) is 0 Å². The summed E-state index contributed by atoms with van der Waals surface area (Å²) in [5.74, 6) is -0.325. The predicted octanol–water partition coefficient (Wildman–Crippen LogP) is -1.29. The average molecular weight is 273 g/mol. The van der Waals surface area contributed by atoms with Crippen molar-refractivity contribution >= 4 is 11.8 Å². The zero-order valence-electron chi connectivity index (χ0n) is 11.6. The number of nitrogens with one attached hydrogen (secondary N) is 1. The van der Waals surface area contributed by atoms with E-state index in [4.69, 9.17) is 15.2 Å². The van der Waals surface area contributed by atoms with E-state index in [1.54, 1.807) is 19.1 Å². The van der Waals surface area contributed by atoms with Gasteiger partial charge >= 0.3 is 0 Å². The van der Waals surface area contributed by atoms with Gasteiger partial charge in [-0.25, -0.2) is 0 Å². The summed E-state index contributed by atoms with van der Waals surface area (Å²) >= 11 is 0. The number of carbonyl (C=O) groups is 2. The summed E-state index contributed by atoms with van der Waals surface area (Å²) in [5.41, 5.74) is 5.27. The molecule has 0 aromatic carbocycles. The third kappa shape index (κ3) is 4.77. The van der Waals surface area contributed by atoms with E-state index >= 15 is 0 Å². The number of hydrogen-bond donors (Lipinski definition) is 2. The van der Waals surface area contributed by atoms with E-state index in [0.29, 0.717) is 13.2 Å². The molecule has 0 aliphatic carbocycles. The predicted molar refractivity (Wildman–Crippen MR) is 69.5 cm³/mol. The van der Waals surface area contributed by atoms with Crippen molar-refractivity contribution in [1.29, 1.82) is 0 Å². The molecule has 0 unspecified atom stereocenters. The summed E-state index contributed by atoms with van der Waals surface area (Å²) in [6.45, 7) is 1.29. The summed E-state index contributed by atoms with van der Waals surface area (Å²) in [5, 5.41) is 2.56. The van der Waals surface area contributed by atoms with Crippen LogP contribution in [-0.4, -0.2) is 69.3 Å². The van der Waals surface area contributed by atoms with Crippen molar-refractivity contribution in [2.45, 2.75) is 25.0 Å². The van der Waals surface area contributed by atoms with Gasteiger partial charge in [0.05, 0.1) is 25.3 Å². The molecule has 3 N–H and O–H groups in total. The highest BCUT2D eigenvalue weighted by molar-refractivity contribution is 5.85. The van der Waals surface area contributed by atoms with E-state index < -0.39 is 0 Å². The van der Waals surface area contributed by atoms with E-state index in [2.05, 4.69) is 5.32 Å². The van der Waals surface area contributed by atoms with E-state index in [9.17, 15) is 9.59 Å². The van der Waals surface area contributed by atoms with Crippen LogP contribution in [0.15, 0.2) is 0 Å². The molecule has 0 saturated carbocycles. The van der Waals surface area contributed by atoms with Gasteiger partial charge in [0.2, 0.25) is 11.8 Å². The van der Waals surface area contributed by atoms with Gasteiger partial charge in [-0.2, -0.15) is 0 Å². The fourth-order valence-electron chi connectivity index (χ4n) is 2.20. The smallest absolute Gasteiger partial charge is 0.242 e. The van der Waals surface area contributed by atoms with Gasteiger partial charge < -0.3 is 25.4 Å². The molecule has 110 valence electrons. The number of nitrogens with two attached hydrogens (primary N) is 1. The second-order valence-corrected chi connectivity index (χ2v) is 4.56. The number of nitrogens with zero attached hydrogens (tertiary/aromatic N) is 1. The van der Waals surface area contributed by atoms with Crippen molar-refractivity contribution in [1.82, 2.24) is 10.2 Å². The lowest BCUT2D eigenvalue weighted by Crippen LogP contribution is -2.44. The van der Waals surface area contributed by atoms with Crippen LogP contribution in [0.3, 0.4) is 0 Å². The van der Waals surface area contributed by atoms with Crippen LogP contribution < -0.4 is 11.1 Å². The molecule has 19 heavy (non-hydrogen) atoms. The molecule has 0 spiro atoms. The molecule has 1 aliphatic rings. The van der Waals surface area contributed by atoms with Gasteiger partial charge in [-0.1, -0.05) is 0 Å². The average Bonchev–Trinajstić information content (AvgIpc) is 2.80.